The van der Waals surface area contributed by atoms with Crippen LogP contribution in [0.2, 0.25) is 5.28 Å². The Morgan fingerprint density at radius 2 is 2.07 bits per heavy atom. The molecule has 0 saturated heterocycles. The van der Waals surface area contributed by atoms with Crippen molar-refractivity contribution in [2.75, 3.05) is 5.32 Å². The molecule has 3 aromatic rings. The van der Waals surface area contributed by atoms with Gasteiger partial charge in [-0.05, 0) is 29.3 Å². The first-order valence-electron chi connectivity index (χ1n) is 8.42. The highest BCUT2D eigenvalue weighted by Crippen LogP contribution is 2.25. The van der Waals surface area contributed by atoms with Crippen LogP contribution in [0.25, 0.3) is 11.2 Å². The molecule has 9 heteroatoms. The quantitative estimate of drug-likeness (QED) is 0.409. The number of aliphatic hydroxyl groups is 2. The molecule has 3 atom stereocenters. The zero-order chi connectivity index (χ0) is 19.0. The second kappa shape index (κ2) is 7.55. The second-order valence-corrected chi connectivity index (χ2v) is 7.68. The fourth-order valence-electron chi connectivity index (χ4n) is 3.14. The van der Waals surface area contributed by atoms with Crippen molar-refractivity contribution >= 4 is 44.5 Å². The van der Waals surface area contributed by atoms with Gasteiger partial charge >= 0.3 is 0 Å². The molecule has 2 heterocycles. The Labute approximate surface area is 168 Å². The van der Waals surface area contributed by atoms with E-state index in [1.54, 1.807) is 18.5 Å². The van der Waals surface area contributed by atoms with Crippen molar-refractivity contribution in [2.45, 2.75) is 25.3 Å². The minimum atomic E-state index is -0.842. The number of hydrogen-bond acceptors (Lipinski definition) is 6. The Bertz CT molecular complexity index is 1010. The molecule has 1 aliphatic carbocycles. The van der Waals surface area contributed by atoms with Crippen LogP contribution in [0.5, 0.6) is 0 Å². The lowest BCUT2D eigenvalue weighted by molar-refractivity contribution is 0.0298. The molecule has 0 fully saturated rings. The van der Waals surface area contributed by atoms with Crippen molar-refractivity contribution in [1.82, 2.24) is 19.5 Å². The molecule has 140 valence electrons. The summed E-state index contributed by atoms with van der Waals surface area (Å²) < 4.78 is 2.81. The summed E-state index contributed by atoms with van der Waals surface area (Å²) in [6.07, 6.45) is 3.36. The molecule has 0 unspecified atom stereocenters. The number of rotatable bonds is 5. The molecule has 0 saturated carbocycles. The summed E-state index contributed by atoms with van der Waals surface area (Å²) in [6.45, 7) is 0.995. The van der Waals surface area contributed by atoms with Crippen molar-refractivity contribution in [3.8, 4) is 0 Å². The normalized spacial score (nSPS) is 21.9. The fraction of sp³-hybridized carbons (Fsp3) is 0.278. The van der Waals surface area contributed by atoms with Crippen molar-refractivity contribution in [2.24, 2.45) is 5.92 Å². The Kier molecular flexibility index (Phi) is 5.14. The van der Waals surface area contributed by atoms with E-state index >= 15 is 0 Å². The van der Waals surface area contributed by atoms with Gasteiger partial charge in [0.05, 0.1) is 18.5 Å². The number of aliphatic hydroxyl groups excluding tert-OH is 2. The molecule has 3 N–H and O–H groups in total. The topological polar surface area (TPSA) is 96.1 Å². The lowest BCUT2D eigenvalue weighted by Gasteiger charge is -2.17. The molecule has 0 radical (unpaired) electrons. The highest BCUT2D eigenvalue weighted by molar-refractivity contribution is 9.10. The van der Waals surface area contributed by atoms with Gasteiger partial charge in [0.15, 0.2) is 17.0 Å². The SMILES string of the molecule is O[C@@H]1[C@H](O)C=C[C@H]1Cn1cnc2c(NCc3cccc(Br)c3)nc(Cl)nc21. The monoisotopic (exact) mass is 449 g/mol. The number of hydrogen-bond donors (Lipinski definition) is 3. The third-order valence-electron chi connectivity index (χ3n) is 4.54. The lowest BCUT2D eigenvalue weighted by Crippen LogP contribution is -2.28. The molecule has 1 aromatic carbocycles. The van der Waals surface area contributed by atoms with Gasteiger partial charge in [0.1, 0.15) is 0 Å². The summed E-state index contributed by atoms with van der Waals surface area (Å²) >= 11 is 9.57. The van der Waals surface area contributed by atoms with Crippen LogP contribution in [0.1, 0.15) is 5.56 Å². The second-order valence-electron chi connectivity index (χ2n) is 6.42. The van der Waals surface area contributed by atoms with Crippen molar-refractivity contribution in [1.29, 1.82) is 0 Å². The number of benzene rings is 1. The predicted octanol–water partition coefficient (Wildman–Crippen LogP) is 2.76. The number of anilines is 1. The van der Waals surface area contributed by atoms with Crippen LogP contribution in [0, 0.1) is 5.92 Å². The van der Waals surface area contributed by atoms with E-state index in [4.69, 9.17) is 11.6 Å². The van der Waals surface area contributed by atoms with Gasteiger partial charge in [-0.15, -0.1) is 0 Å². The predicted molar refractivity (Wildman–Crippen MR) is 106 cm³/mol. The van der Waals surface area contributed by atoms with E-state index in [1.807, 2.05) is 28.8 Å². The minimum absolute atomic E-state index is 0.114. The van der Waals surface area contributed by atoms with Crippen LogP contribution >= 0.6 is 27.5 Å². The fourth-order valence-corrected chi connectivity index (χ4v) is 3.75. The summed E-state index contributed by atoms with van der Waals surface area (Å²) in [6, 6.07) is 7.96. The first-order valence-corrected chi connectivity index (χ1v) is 9.59. The first-order chi connectivity index (χ1) is 13.0. The van der Waals surface area contributed by atoms with E-state index in [-0.39, 0.29) is 11.2 Å². The number of nitrogens with one attached hydrogen (secondary N) is 1. The van der Waals surface area contributed by atoms with Gasteiger partial charge in [-0.25, -0.2) is 4.98 Å². The van der Waals surface area contributed by atoms with E-state index in [1.165, 1.54) is 0 Å². The van der Waals surface area contributed by atoms with Crippen LogP contribution in [0.15, 0.2) is 47.2 Å². The maximum absolute atomic E-state index is 10.0. The molecule has 0 aliphatic heterocycles. The average molecular weight is 451 g/mol. The highest BCUT2D eigenvalue weighted by Gasteiger charge is 2.29. The molecule has 0 spiro atoms. The third-order valence-corrected chi connectivity index (χ3v) is 5.20. The number of imidazole rings is 1. The van der Waals surface area contributed by atoms with Gasteiger partial charge in [-0.2, -0.15) is 9.97 Å². The molecule has 7 nitrogen and oxygen atoms in total. The Balaban J connectivity index is 1.59. The smallest absolute Gasteiger partial charge is 0.226 e. The summed E-state index contributed by atoms with van der Waals surface area (Å²) in [5.74, 6) is 0.329. The average Bonchev–Trinajstić information content (AvgIpc) is 3.18. The lowest BCUT2D eigenvalue weighted by atomic mass is 10.1. The minimum Gasteiger partial charge on any atom is -0.389 e. The molecule has 4 rings (SSSR count). The van der Waals surface area contributed by atoms with E-state index in [9.17, 15) is 10.2 Å². The number of nitrogens with zero attached hydrogens (tertiary/aromatic N) is 4. The van der Waals surface area contributed by atoms with Crippen LogP contribution < -0.4 is 5.32 Å². The van der Waals surface area contributed by atoms with E-state index < -0.39 is 12.2 Å². The van der Waals surface area contributed by atoms with Crippen LogP contribution in [0.4, 0.5) is 5.82 Å². The van der Waals surface area contributed by atoms with Gasteiger partial charge < -0.3 is 20.1 Å². The van der Waals surface area contributed by atoms with E-state index in [2.05, 4.69) is 36.2 Å². The highest BCUT2D eigenvalue weighted by atomic mass is 79.9. The van der Waals surface area contributed by atoms with Gasteiger partial charge in [-0.3, -0.25) is 0 Å². The zero-order valence-corrected chi connectivity index (χ0v) is 16.5. The van der Waals surface area contributed by atoms with Gasteiger partial charge in [0.25, 0.3) is 0 Å². The standard InChI is InChI=1S/C18H17BrClN5O2/c19-12-3-1-2-10(6-12)7-21-16-14-17(24-18(20)23-16)25(9-22-14)8-11-4-5-13(26)15(11)27/h1-6,9,11,13,15,26-27H,7-8H2,(H,21,23,24)/t11-,13+,15-/m0/s1. The molecule has 0 bridgehead atoms. The number of halogens is 2. The van der Waals surface area contributed by atoms with Crippen molar-refractivity contribution < 1.29 is 10.2 Å². The van der Waals surface area contributed by atoms with Crippen molar-refractivity contribution in [3.63, 3.8) is 0 Å². The third kappa shape index (κ3) is 3.84. The molecule has 0 amide bonds. The van der Waals surface area contributed by atoms with Gasteiger partial charge in [-0.1, -0.05) is 40.2 Å². The van der Waals surface area contributed by atoms with Crippen LogP contribution in [0.3, 0.4) is 0 Å². The summed E-state index contributed by atoms with van der Waals surface area (Å²) in [5.41, 5.74) is 2.26. The first kappa shape index (κ1) is 18.4. The number of fused-ring (bicyclic) bond motifs is 1. The molecular formula is C18H17BrClN5O2. The van der Waals surface area contributed by atoms with Crippen LogP contribution in [-0.2, 0) is 13.1 Å². The summed E-state index contributed by atoms with van der Waals surface area (Å²) in [7, 11) is 0. The largest absolute Gasteiger partial charge is 0.389 e. The van der Waals surface area contributed by atoms with Gasteiger partial charge in [0, 0.05) is 23.5 Å². The zero-order valence-electron chi connectivity index (χ0n) is 14.1. The maximum atomic E-state index is 10.0. The van der Waals surface area contributed by atoms with E-state index in [0.29, 0.717) is 30.1 Å². The Morgan fingerprint density at radius 3 is 2.81 bits per heavy atom. The summed E-state index contributed by atoms with van der Waals surface area (Å²) in [4.78, 5) is 13.0. The van der Waals surface area contributed by atoms with E-state index in [0.717, 1.165) is 10.0 Å². The molecule has 2 aromatic heterocycles. The molecular weight excluding hydrogens is 434 g/mol. The van der Waals surface area contributed by atoms with Crippen molar-refractivity contribution in [3.05, 3.63) is 58.1 Å². The summed E-state index contributed by atoms with van der Waals surface area (Å²) in [5, 5.41) is 23.1. The Hall–Kier alpha value is -2.00. The number of aromatic nitrogens is 4. The molecule has 1 aliphatic rings. The maximum Gasteiger partial charge on any atom is 0.226 e. The van der Waals surface area contributed by atoms with Crippen LogP contribution in [-0.4, -0.2) is 41.9 Å². The molecule has 27 heavy (non-hydrogen) atoms. The van der Waals surface area contributed by atoms with Gasteiger partial charge in [0.2, 0.25) is 5.28 Å². The Morgan fingerprint density at radius 1 is 1.22 bits per heavy atom.